The standard InChI is InChI=1S/C9H12F3N3/c1-6(2)7-5-15(14-13-7)8(3-4-8)9(10,11)12/h5-6H,3-4H2,1-2H3. The van der Waals surface area contributed by atoms with Crippen molar-refractivity contribution in [2.24, 2.45) is 0 Å². The number of hydrogen-bond acceptors (Lipinski definition) is 2. The number of aromatic nitrogens is 3. The molecule has 2 rings (SSSR count). The van der Waals surface area contributed by atoms with E-state index in [0.717, 1.165) is 4.68 Å². The predicted molar refractivity (Wildman–Crippen MR) is 47.4 cm³/mol. The molecule has 0 amide bonds. The lowest BCUT2D eigenvalue weighted by Gasteiger charge is -2.18. The summed E-state index contributed by atoms with van der Waals surface area (Å²) in [7, 11) is 0. The Hall–Kier alpha value is -1.07. The van der Waals surface area contributed by atoms with E-state index >= 15 is 0 Å². The fourth-order valence-corrected chi connectivity index (χ4v) is 1.51. The first-order chi connectivity index (χ1) is 6.87. The Bertz CT molecular complexity index is 363. The van der Waals surface area contributed by atoms with E-state index in [2.05, 4.69) is 10.3 Å². The van der Waals surface area contributed by atoms with Gasteiger partial charge in [-0.05, 0) is 18.8 Å². The van der Waals surface area contributed by atoms with Crippen LogP contribution in [-0.4, -0.2) is 21.2 Å². The Labute approximate surface area is 85.3 Å². The van der Waals surface area contributed by atoms with Crippen molar-refractivity contribution in [3.8, 4) is 0 Å². The highest BCUT2D eigenvalue weighted by atomic mass is 19.4. The summed E-state index contributed by atoms with van der Waals surface area (Å²) in [4.78, 5) is 0. The van der Waals surface area contributed by atoms with Crippen LogP contribution < -0.4 is 0 Å². The number of hydrogen-bond donors (Lipinski definition) is 0. The van der Waals surface area contributed by atoms with Gasteiger partial charge in [0.2, 0.25) is 0 Å². The summed E-state index contributed by atoms with van der Waals surface area (Å²) in [5.74, 6) is 0.0998. The molecule has 0 unspecified atom stereocenters. The zero-order chi connectivity index (χ0) is 11.3. The van der Waals surface area contributed by atoms with Gasteiger partial charge in [0.05, 0.1) is 5.69 Å². The number of rotatable bonds is 2. The molecule has 0 aromatic carbocycles. The molecule has 84 valence electrons. The second kappa shape index (κ2) is 2.96. The molecule has 1 heterocycles. The van der Waals surface area contributed by atoms with Gasteiger partial charge in [-0.1, -0.05) is 19.1 Å². The fourth-order valence-electron chi connectivity index (χ4n) is 1.51. The predicted octanol–water partition coefficient (Wildman–Crippen LogP) is 2.45. The second-order valence-corrected chi connectivity index (χ2v) is 4.27. The monoisotopic (exact) mass is 219 g/mol. The second-order valence-electron chi connectivity index (χ2n) is 4.27. The summed E-state index contributed by atoms with van der Waals surface area (Å²) in [6.45, 7) is 3.75. The van der Waals surface area contributed by atoms with E-state index in [1.165, 1.54) is 6.20 Å². The number of halogens is 3. The molecule has 1 aliphatic rings. The van der Waals surface area contributed by atoms with Crippen LogP contribution in [0.25, 0.3) is 0 Å². The van der Waals surface area contributed by atoms with E-state index in [1.54, 1.807) is 0 Å². The van der Waals surface area contributed by atoms with Crippen LogP contribution in [0.1, 0.15) is 38.3 Å². The zero-order valence-electron chi connectivity index (χ0n) is 8.54. The highest BCUT2D eigenvalue weighted by Gasteiger charge is 2.65. The Kier molecular flexibility index (Phi) is 2.06. The lowest BCUT2D eigenvalue weighted by atomic mass is 10.1. The van der Waals surface area contributed by atoms with Crippen LogP contribution >= 0.6 is 0 Å². The van der Waals surface area contributed by atoms with Gasteiger partial charge in [-0.25, -0.2) is 4.68 Å². The van der Waals surface area contributed by atoms with Crippen LogP contribution in [0.2, 0.25) is 0 Å². The summed E-state index contributed by atoms with van der Waals surface area (Å²) < 4.78 is 39.1. The van der Waals surface area contributed by atoms with Crippen molar-refractivity contribution >= 4 is 0 Å². The molecule has 0 bridgehead atoms. The lowest BCUT2D eigenvalue weighted by molar-refractivity contribution is -0.182. The average Bonchev–Trinajstić information content (AvgIpc) is 2.77. The maximum atomic E-state index is 12.7. The molecular weight excluding hydrogens is 207 g/mol. The molecule has 1 aliphatic carbocycles. The van der Waals surface area contributed by atoms with E-state index in [9.17, 15) is 13.2 Å². The average molecular weight is 219 g/mol. The first kappa shape index (κ1) is 10.4. The van der Waals surface area contributed by atoms with Crippen molar-refractivity contribution in [1.82, 2.24) is 15.0 Å². The molecule has 6 heteroatoms. The molecule has 1 fully saturated rings. The Morgan fingerprint density at radius 3 is 2.33 bits per heavy atom. The number of nitrogens with zero attached hydrogens (tertiary/aromatic N) is 3. The van der Waals surface area contributed by atoms with E-state index in [4.69, 9.17) is 0 Å². The van der Waals surface area contributed by atoms with Crippen molar-refractivity contribution in [1.29, 1.82) is 0 Å². The molecule has 3 nitrogen and oxygen atoms in total. The maximum Gasteiger partial charge on any atom is 0.413 e. The van der Waals surface area contributed by atoms with E-state index in [-0.39, 0.29) is 18.8 Å². The highest BCUT2D eigenvalue weighted by molar-refractivity contribution is 5.09. The molecule has 1 aromatic heterocycles. The third kappa shape index (κ3) is 1.52. The van der Waals surface area contributed by atoms with Gasteiger partial charge in [0.25, 0.3) is 0 Å². The molecular formula is C9H12F3N3. The molecule has 0 aliphatic heterocycles. The van der Waals surface area contributed by atoms with E-state index in [0.29, 0.717) is 5.69 Å². The number of alkyl halides is 3. The highest BCUT2D eigenvalue weighted by Crippen LogP contribution is 2.54. The molecule has 1 saturated carbocycles. The van der Waals surface area contributed by atoms with E-state index < -0.39 is 11.7 Å². The van der Waals surface area contributed by atoms with Crippen LogP contribution in [0.3, 0.4) is 0 Å². The third-order valence-electron chi connectivity index (χ3n) is 2.79. The van der Waals surface area contributed by atoms with Gasteiger partial charge >= 0.3 is 6.18 Å². The largest absolute Gasteiger partial charge is 0.413 e. The summed E-state index contributed by atoms with van der Waals surface area (Å²) in [6.07, 6.45) is -2.60. The van der Waals surface area contributed by atoms with Gasteiger partial charge in [-0.3, -0.25) is 0 Å². The molecule has 0 atom stereocenters. The Morgan fingerprint density at radius 2 is 2.00 bits per heavy atom. The summed E-state index contributed by atoms with van der Waals surface area (Å²) in [6, 6.07) is 0. The summed E-state index contributed by atoms with van der Waals surface area (Å²) in [5.41, 5.74) is -1.17. The summed E-state index contributed by atoms with van der Waals surface area (Å²) >= 11 is 0. The van der Waals surface area contributed by atoms with Crippen LogP contribution in [0, 0.1) is 0 Å². The Morgan fingerprint density at radius 1 is 1.40 bits per heavy atom. The van der Waals surface area contributed by atoms with Gasteiger partial charge in [0.15, 0.2) is 5.54 Å². The van der Waals surface area contributed by atoms with Crippen LogP contribution in [0.4, 0.5) is 13.2 Å². The fraction of sp³-hybridized carbons (Fsp3) is 0.778. The topological polar surface area (TPSA) is 30.7 Å². The maximum absolute atomic E-state index is 12.7. The van der Waals surface area contributed by atoms with Crippen molar-refractivity contribution in [2.75, 3.05) is 0 Å². The van der Waals surface area contributed by atoms with Crippen LogP contribution in [0.5, 0.6) is 0 Å². The molecule has 0 N–H and O–H groups in total. The molecule has 0 saturated heterocycles. The lowest BCUT2D eigenvalue weighted by Crippen LogP contribution is -2.35. The van der Waals surface area contributed by atoms with Gasteiger partial charge in [-0.15, -0.1) is 5.10 Å². The molecule has 15 heavy (non-hydrogen) atoms. The smallest absolute Gasteiger partial charge is 0.237 e. The van der Waals surface area contributed by atoms with Crippen molar-refractivity contribution in [3.63, 3.8) is 0 Å². The first-order valence-electron chi connectivity index (χ1n) is 4.86. The third-order valence-corrected chi connectivity index (χ3v) is 2.79. The SMILES string of the molecule is CC(C)c1cn(C2(C(F)(F)F)CC2)nn1. The quantitative estimate of drug-likeness (QED) is 0.764. The van der Waals surface area contributed by atoms with Gasteiger partial charge < -0.3 is 0 Å². The van der Waals surface area contributed by atoms with Crippen molar-refractivity contribution < 1.29 is 13.2 Å². The van der Waals surface area contributed by atoms with Crippen LogP contribution in [0.15, 0.2) is 6.20 Å². The van der Waals surface area contributed by atoms with E-state index in [1.807, 2.05) is 13.8 Å². The molecule has 0 radical (unpaired) electrons. The molecule has 1 aromatic rings. The summed E-state index contributed by atoms with van der Waals surface area (Å²) in [5, 5.41) is 7.33. The van der Waals surface area contributed by atoms with Crippen LogP contribution in [-0.2, 0) is 5.54 Å². The minimum Gasteiger partial charge on any atom is -0.237 e. The van der Waals surface area contributed by atoms with Crippen molar-refractivity contribution in [2.45, 2.75) is 44.3 Å². The first-order valence-corrected chi connectivity index (χ1v) is 4.86. The zero-order valence-corrected chi connectivity index (χ0v) is 8.54. The normalized spacial score (nSPS) is 19.6. The minimum atomic E-state index is -4.23. The van der Waals surface area contributed by atoms with Gasteiger partial charge in [0.1, 0.15) is 0 Å². The van der Waals surface area contributed by atoms with Crippen molar-refractivity contribution in [3.05, 3.63) is 11.9 Å². The van der Waals surface area contributed by atoms with Gasteiger partial charge in [0, 0.05) is 6.20 Å². The Balaban J connectivity index is 2.31. The minimum absolute atomic E-state index is 0.0998. The molecule has 0 spiro atoms. The van der Waals surface area contributed by atoms with Gasteiger partial charge in [-0.2, -0.15) is 13.2 Å².